The second-order valence-electron chi connectivity index (χ2n) is 6.75. The standard InChI is InChI=1S/C24H22N4OS/c1-2-19-15-20(24(30-19)28-23(29)17-9-4-3-5-10-17)22(18-11-8-13-25-16-18)27-21-12-6-7-14-26-21/h3-16,22H,2H2,1H3,(H,26,27)(H,28,29)/t22-/m1/s1. The summed E-state index contributed by atoms with van der Waals surface area (Å²) in [6.07, 6.45) is 6.24. The van der Waals surface area contributed by atoms with Crippen molar-refractivity contribution in [3.05, 3.63) is 107 Å². The minimum Gasteiger partial charge on any atom is -0.359 e. The van der Waals surface area contributed by atoms with Crippen LogP contribution in [-0.2, 0) is 6.42 Å². The van der Waals surface area contributed by atoms with E-state index < -0.39 is 0 Å². The van der Waals surface area contributed by atoms with E-state index in [1.807, 2.05) is 66.9 Å². The highest BCUT2D eigenvalue weighted by molar-refractivity contribution is 7.16. The monoisotopic (exact) mass is 414 g/mol. The summed E-state index contributed by atoms with van der Waals surface area (Å²) < 4.78 is 0. The Hall–Kier alpha value is -3.51. The van der Waals surface area contributed by atoms with Gasteiger partial charge in [-0.05, 0) is 48.4 Å². The molecule has 1 aromatic carbocycles. The van der Waals surface area contributed by atoms with Crippen LogP contribution in [0, 0.1) is 0 Å². The van der Waals surface area contributed by atoms with Crippen LogP contribution in [0.4, 0.5) is 10.8 Å². The fourth-order valence-electron chi connectivity index (χ4n) is 3.19. The SMILES string of the molecule is CCc1cc([C@H](Nc2ccccn2)c2cccnc2)c(NC(=O)c2ccccc2)s1. The van der Waals surface area contributed by atoms with Crippen molar-refractivity contribution in [3.63, 3.8) is 0 Å². The van der Waals surface area contributed by atoms with Gasteiger partial charge < -0.3 is 10.6 Å². The first-order valence-electron chi connectivity index (χ1n) is 9.81. The molecule has 0 unspecified atom stereocenters. The van der Waals surface area contributed by atoms with Crippen LogP contribution in [0.1, 0.15) is 39.3 Å². The third-order valence-electron chi connectivity index (χ3n) is 4.71. The number of carbonyl (C=O) groups is 1. The molecule has 4 rings (SSSR count). The molecule has 30 heavy (non-hydrogen) atoms. The van der Waals surface area contributed by atoms with Crippen LogP contribution in [0.5, 0.6) is 0 Å². The van der Waals surface area contributed by atoms with Crippen molar-refractivity contribution >= 4 is 28.1 Å². The Morgan fingerprint density at radius 1 is 1.03 bits per heavy atom. The molecular formula is C24H22N4OS. The first-order valence-corrected chi connectivity index (χ1v) is 10.6. The van der Waals surface area contributed by atoms with Gasteiger partial charge in [0.05, 0.1) is 6.04 Å². The van der Waals surface area contributed by atoms with Gasteiger partial charge in [0.1, 0.15) is 10.8 Å². The molecule has 1 atom stereocenters. The van der Waals surface area contributed by atoms with Gasteiger partial charge in [-0.3, -0.25) is 9.78 Å². The molecule has 0 fully saturated rings. The predicted molar refractivity (Wildman–Crippen MR) is 122 cm³/mol. The number of nitrogens with one attached hydrogen (secondary N) is 2. The third kappa shape index (κ3) is 4.55. The van der Waals surface area contributed by atoms with E-state index in [-0.39, 0.29) is 11.9 Å². The van der Waals surface area contributed by atoms with E-state index in [0.717, 1.165) is 28.4 Å². The highest BCUT2D eigenvalue weighted by Crippen LogP contribution is 2.37. The molecule has 4 aromatic rings. The predicted octanol–water partition coefficient (Wildman–Crippen LogP) is 5.55. The van der Waals surface area contributed by atoms with Crippen molar-refractivity contribution in [2.45, 2.75) is 19.4 Å². The summed E-state index contributed by atoms with van der Waals surface area (Å²) in [6, 6.07) is 20.9. The van der Waals surface area contributed by atoms with Crippen LogP contribution in [0.3, 0.4) is 0 Å². The Balaban J connectivity index is 1.72. The van der Waals surface area contributed by atoms with Gasteiger partial charge >= 0.3 is 0 Å². The van der Waals surface area contributed by atoms with E-state index in [9.17, 15) is 4.79 Å². The summed E-state index contributed by atoms with van der Waals surface area (Å²) in [5.74, 6) is 0.639. The Morgan fingerprint density at radius 2 is 1.87 bits per heavy atom. The maximum atomic E-state index is 12.8. The van der Waals surface area contributed by atoms with Crippen LogP contribution in [0.25, 0.3) is 0 Å². The maximum absolute atomic E-state index is 12.8. The maximum Gasteiger partial charge on any atom is 0.256 e. The van der Waals surface area contributed by atoms with E-state index in [4.69, 9.17) is 0 Å². The molecule has 0 aliphatic carbocycles. The normalized spacial score (nSPS) is 11.6. The number of aromatic nitrogens is 2. The summed E-state index contributed by atoms with van der Waals surface area (Å²) in [7, 11) is 0. The summed E-state index contributed by atoms with van der Waals surface area (Å²) in [5.41, 5.74) is 2.63. The van der Waals surface area contributed by atoms with Crippen LogP contribution in [-0.4, -0.2) is 15.9 Å². The molecule has 2 N–H and O–H groups in total. The lowest BCUT2D eigenvalue weighted by Gasteiger charge is -2.20. The number of carbonyl (C=O) groups excluding carboxylic acids is 1. The molecule has 3 heterocycles. The first kappa shape index (κ1) is 19.8. The Kier molecular flexibility index (Phi) is 6.15. The molecule has 0 aliphatic heterocycles. The molecule has 150 valence electrons. The number of rotatable bonds is 7. The highest BCUT2D eigenvalue weighted by Gasteiger charge is 2.22. The number of nitrogens with zero attached hydrogens (tertiary/aromatic N) is 2. The minimum absolute atomic E-state index is 0.121. The smallest absolute Gasteiger partial charge is 0.256 e. The third-order valence-corrected chi connectivity index (χ3v) is 5.92. The Morgan fingerprint density at radius 3 is 2.57 bits per heavy atom. The molecule has 0 radical (unpaired) electrons. The lowest BCUT2D eigenvalue weighted by atomic mass is 10.0. The van der Waals surface area contributed by atoms with Crippen LogP contribution in [0.15, 0.2) is 85.3 Å². The molecule has 6 heteroatoms. The molecule has 0 aliphatic rings. The van der Waals surface area contributed by atoms with Crippen molar-refractivity contribution in [2.75, 3.05) is 10.6 Å². The summed E-state index contributed by atoms with van der Waals surface area (Å²) in [4.78, 5) is 22.7. The Labute approximate surface area is 179 Å². The van der Waals surface area contributed by atoms with Crippen LogP contribution < -0.4 is 10.6 Å². The number of hydrogen-bond acceptors (Lipinski definition) is 5. The van der Waals surface area contributed by atoms with Gasteiger partial charge in [0.15, 0.2) is 0 Å². The number of hydrogen-bond donors (Lipinski definition) is 2. The zero-order chi connectivity index (χ0) is 20.8. The number of amides is 1. The first-order chi connectivity index (χ1) is 14.7. The minimum atomic E-state index is -0.198. The molecule has 5 nitrogen and oxygen atoms in total. The van der Waals surface area contributed by atoms with E-state index >= 15 is 0 Å². The summed E-state index contributed by atoms with van der Waals surface area (Å²) in [5, 5.41) is 7.45. The van der Waals surface area contributed by atoms with Gasteiger partial charge in [-0.25, -0.2) is 4.98 Å². The zero-order valence-corrected chi connectivity index (χ0v) is 17.4. The lowest BCUT2D eigenvalue weighted by molar-refractivity contribution is 0.102. The zero-order valence-electron chi connectivity index (χ0n) is 16.6. The average Bonchev–Trinajstić information content (AvgIpc) is 3.22. The summed E-state index contributed by atoms with van der Waals surface area (Å²) >= 11 is 1.60. The van der Waals surface area contributed by atoms with E-state index in [0.29, 0.717) is 5.56 Å². The van der Waals surface area contributed by atoms with Crippen molar-refractivity contribution in [2.24, 2.45) is 0 Å². The fourth-order valence-corrected chi connectivity index (χ4v) is 4.22. The topological polar surface area (TPSA) is 66.9 Å². The molecule has 0 spiro atoms. The largest absolute Gasteiger partial charge is 0.359 e. The van der Waals surface area contributed by atoms with Gasteiger partial charge in [-0.1, -0.05) is 37.3 Å². The number of anilines is 2. The van der Waals surface area contributed by atoms with E-state index in [1.165, 1.54) is 4.88 Å². The molecule has 0 saturated carbocycles. The quantitative estimate of drug-likeness (QED) is 0.416. The molecule has 3 aromatic heterocycles. The van der Waals surface area contributed by atoms with Crippen molar-refractivity contribution in [1.82, 2.24) is 9.97 Å². The van der Waals surface area contributed by atoms with Crippen molar-refractivity contribution < 1.29 is 4.79 Å². The molecule has 0 saturated heterocycles. The number of benzene rings is 1. The lowest BCUT2D eigenvalue weighted by Crippen LogP contribution is -2.17. The fraction of sp³-hybridized carbons (Fsp3) is 0.125. The van der Waals surface area contributed by atoms with Crippen molar-refractivity contribution in [1.29, 1.82) is 0 Å². The van der Waals surface area contributed by atoms with Gasteiger partial charge in [0.2, 0.25) is 0 Å². The number of thiophene rings is 1. The van der Waals surface area contributed by atoms with Gasteiger partial charge in [-0.2, -0.15) is 0 Å². The average molecular weight is 415 g/mol. The van der Waals surface area contributed by atoms with Gasteiger partial charge in [-0.15, -0.1) is 11.3 Å². The summed E-state index contributed by atoms with van der Waals surface area (Å²) in [6.45, 7) is 2.11. The second-order valence-corrected chi connectivity index (χ2v) is 7.89. The van der Waals surface area contributed by atoms with Gasteiger partial charge in [0, 0.05) is 34.6 Å². The van der Waals surface area contributed by atoms with E-state index in [1.54, 1.807) is 23.7 Å². The van der Waals surface area contributed by atoms with E-state index in [2.05, 4.69) is 33.6 Å². The van der Waals surface area contributed by atoms with Crippen LogP contribution >= 0.6 is 11.3 Å². The molecule has 0 bridgehead atoms. The molecule has 1 amide bonds. The molecular weight excluding hydrogens is 392 g/mol. The number of aryl methyl sites for hydroxylation is 1. The number of pyridine rings is 2. The highest BCUT2D eigenvalue weighted by atomic mass is 32.1. The second kappa shape index (κ2) is 9.33. The Bertz CT molecular complexity index is 1100. The van der Waals surface area contributed by atoms with Crippen LogP contribution in [0.2, 0.25) is 0 Å². The van der Waals surface area contributed by atoms with Crippen molar-refractivity contribution in [3.8, 4) is 0 Å². The van der Waals surface area contributed by atoms with Gasteiger partial charge in [0.25, 0.3) is 5.91 Å².